The van der Waals surface area contributed by atoms with Crippen LogP contribution >= 0.6 is 0 Å². The van der Waals surface area contributed by atoms with Crippen molar-refractivity contribution >= 4 is 22.8 Å². The summed E-state index contributed by atoms with van der Waals surface area (Å²) in [5, 5.41) is 0. The van der Waals surface area contributed by atoms with Gasteiger partial charge in [0.1, 0.15) is 5.82 Å². The van der Waals surface area contributed by atoms with Crippen LogP contribution < -0.4 is 0 Å². The highest BCUT2D eigenvalue weighted by molar-refractivity contribution is 5.84. The number of aryl methyl sites for hydroxylation is 1. The van der Waals surface area contributed by atoms with Crippen molar-refractivity contribution in [2.24, 2.45) is 5.92 Å². The second-order valence-corrected chi connectivity index (χ2v) is 8.16. The first-order valence-electron chi connectivity index (χ1n) is 10.5. The molecule has 0 radical (unpaired) electrons. The van der Waals surface area contributed by atoms with Gasteiger partial charge in [0.05, 0.1) is 23.5 Å². The van der Waals surface area contributed by atoms with E-state index in [9.17, 15) is 9.59 Å². The summed E-state index contributed by atoms with van der Waals surface area (Å²) in [6, 6.07) is 16.2. The Balaban J connectivity index is 1.37. The summed E-state index contributed by atoms with van der Waals surface area (Å²) in [5.74, 6) is 0.840. The van der Waals surface area contributed by atoms with E-state index in [4.69, 9.17) is 0 Å². The van der Waals surface area contributed by atoms with Crippen molar-refractivity contribution < 1.29 is 9.59 Å². The lowest BCUT2D eigenvalue weighted by Crippen LogP contribution is -2.46. The third kappa shape index (κ3) is 4.37. The van der Waals surface area contributed by atoms with Gasteiger partial charge in [0, 0.05) is 26.6 Å². The zero-order chi connectivity index (χ0) is 21.1. The molecule has 1 fully saturated rings. The van der Waals surface area contributed by atoms with Gasteiger partial charge in [-0.2, -0.15) is 0 Å². The number of carbonyl (C=O) groups excluding carboxylic acids is 2. The van der Waals surface area contributed by atoms with Gasteiger partial charge in [0.15, 0.2) is 0 Å². The average molecular weight is 405 g/mol. The van der Waals surface area contributed by atoms with Crippen LogP contribution in [-0.2, 0) is 22.6 Å². The van der Waals surface area contributed by atoms with Gasteiger partial charge in [-0.1, -0.05) is 42.5 Å². The number of benzene rings is 2. The van der Waals surface area contributed by atoms with E-state index in [1.807, 2.05) is 55.3 Å². The maximum absolute atomic E-state index is 13.1. The Morgan fingerprint density at radius 2 is 2.00 bits per heavy atom. The number of hydrogen-bond acceptors (Lipinski definition) is 3. The fourth-order valence-electron chi connectivity index (χ4n) is 4.16. The van der Waals surface area contributed by atoms with Crippen LogP contribution in [0.25, 0.3) is 11.0 Å². The topological polar surface area (TPSA) is 69.3 Å². The third-order valence-corrected chi connectivity index (χ3v) is 5.89. The molecule has 2 heterocycles. The number of aromatic amines is 1. The molecule has 1 aliphatic rings. The normalized spacial score (nSPS) is 16.8. The molecule has 2 aromatic carbocycles. The lowest BCUT2D eigenvalue weighted by Gasteiger charge is -2.33. The van der Waals surface area contributed by atoms with Crippen LogP contribution in [0.3, 0.4) is 0 Å². The average Bonchev–Trinajstić information content (AvgIpc) is 3.17. The molecule has 1 aliphatic heterocycles. The number of imidazole rings is 1. The molecule has 0 spiro atoms. The number of para-hydroxylation sites is 1. The van der Waals surface area contributed by atoms with E-state index in [0.717, 1.165) is 28.8 Å². The number of carbonyl (C=O) groups is 2. The molecule has 1 aromatic heterocycles. The minimum absolute atomic E-state index is 0.0735. The first-order chi connectivity index (χ1) is 14.5. The summed E-state index contributed by atoms with van der Waals surface area (Å²) in [5.41, 5.74) is 4.25. The van der Waals surface area contributed by atoms with Gasteiger partial charge in [0.2, 0.25) is 11.8 Å². The second-order valence-electron chi connectivity index (χ2n) is 8.16. The summed E-state index contributed by atoms with van der Waals surface area (Å²) >= 11 is 0. The van der Waals surface area contributed by atoms with Crippen molar-refractivity contribution in [3.05, 3.63) is 65.5 Å². The van der Waals surface area contributed by atoms with Crippen LogP contribution in [0, 0.1) is 12.8 Å². The molecule has 156 valence electrons. The van der Waals surface area contributed by atoms with Crippen LogP contribution in [0.15, 0.2) is 48.5 Å². The van der Waals surface area contributed by atoms with Gasteiger partial charge >= 0.3 is 0 Å². The number of nitrogens with zero attached hydrogens (tertiary/aromatic N) is 3. The fraction of sp³-hybridized carbons (Fsp3) is 0.375. The predicted molar refractivity (Wildman–Crippen MR) is 117 cm³/mol. The molecule has 2 amide bonds. The summed E-state index contributed by atoms with van der Waals surface area (Å²) in [6.45, 7) is 3.61. The number of aromatic nitrogens is 2. The first kappa shape index (κ1) is 20.1. The van der Waals surface area contributed by atoms with Gasteiger partial charge in [-0.25, -0.2) is 4.98 Å². The monoisotopic (exact) mass is 404 g/mol. The number of nitrogens with one attached hydrogen (secondary N) is 1. The minimum Gasteiger partial charge on any atom is -0.342 e. The van der Waals surface area contributed by atoms with Crippen molar-refractivity contribution in [3.63, 3.8) is 0 Å². The molecule has 30 heavy (non-hydrogen) atoms. The van der Waals surface area contributed by atoms with Crippen LogP contribution in [-0.4, -0.2) is 51.7 Å². The van der Waals surface area contributed by atoms with Gasteiger partial charge in [-0.3, -0.25) is 9.59 Å². The Bertz CT molecular complexity index is 1040. The van der Waals surface area contributed by atoms with E-state index < -0.39 is 0 Å². The zero-order valence-electron chi connectivity index (χ0n) is 17.6. The molecule has 3 aromatic rings. The molecule has 0 aliphatic carbocycles. The highest BCUT2D eigenvalue weighted by atomic mass is 16.2. The Hall–Kier alpha value is -3.15. The fourth-order valence-corrected chi connectivity index (χ4v) is 4.16. The predicted octanol–water partition coefficient (Wildman–Crippen LogP) is 3.31. The second kappa shape index (κ2) is 8.69. The summed E-state index contributed by atoms with van der Waals surface area (Å²) in [7, 11) is 1.81. The van der Waals surface area contributed by atoms with Crippen LogP contribution in [0.4, 0.5) is 0 Å². The number of fused-ring (bicyclic) bond motifs is 1. The number of amides is 2. The zero-order valence-corrected chi connectivity index (χ0v) is 17.6. The Kier molecular flexibility index (Phi) is 5.84. The standard InChI is InChI=1S/C24H28N4O2/c1-17-7-6-10-20-23(17)26-21(25-20)16-27(2)24(30)19-11-12-22(29)28(15-19)14-13-18-8-4-3-5-9-18/h3-10,19H,11-16H2,1-2H3,(H,25,26)/t19-/m0/s1. The van der Waals surface area contributed by atoms with Gasteiger partial charge in [-0.05, 0) is 37.0 Å². The molecule has 6 heteroatoms. The number of H-pyrrole nitrogens is 1. The molecular formula is C24H28N4O2. The van der Waals surface area contributed by atoms with Crippen molar-refractivity contribution in [2.45, 2.75) is 32.7 Å². The van der Waals surface area contributed by atoms with Crippen LogP contribution in [0.2, 0.25) is 0 Å². The van der Waals surface area contributed by atoms with Gasteiger partial charge in [0.25, 0.3) is 0 Å². The largest absolute Gasteiger partial charge is 0.342 e. The highest BCUT2D eigenvalue weighted by Crippen LogP contribution is 2.21. The highest BCUT2D eigenvalue weighted by Gasteiger charge is 2.31. The van der Waals surface area contributed by atoms with E-state index in [0.29, 0.717) is 32.5 Å². The lowest BCUT2D eigenvalue weighted by molar-refractivity contribution is -0.142. The van der Waals surface area contributed by atoms with E-state index in [-0.39, 0.29) is 17.7 Å². The SMILES string of the molecule is Cc1cccc2[nH]c(CN(C)C(=O)[C@H]3CCC(=O)N(CCc4ccccc4)C3)nc12. The van der Waals surface area contributed by atoms with Crippen molar-refractivity contribution in [2.75, 3.05) is 20.1 Å². The maximum Gasteiger partial charge on any atom is 0.227 e. The van der Waals surface area contributed by atoms with E-state index in [1.54, 1.807) is 4.90 Å². The molecule has 1 atom stereocenters. The van der Waals surface area contributed by atoms with Crippen molar-refractivity contribution in [1.29, 1.82) is 0 Å². The summed E-state index contributed by atoms with van der Waals surface area (Å²) < 4.78 is 0. The van der Waals surface area contributed by atoms with E-state index >= 15 is 0 Å². The van der Waals surface area contributed by atoms with Crippen LogP contribution in [0.5, 0.6) is 0 Å². The smallest absolute Gasteiger partial charge is 0.227 e. The number of rotatable bonds is 6. The molecule has 0 bridgehead atoms. The summed E-state index contributed by atoms with van der Waals surface area (Å²) in [4.78, 5) is 37.0. The molecule has 0 unspecified atom stereocenters. The van der Waals surface area contributed by atoms with Crippen molar-refractivity contribution in [1.82, 2.24) is 19.8 Å². The van der Waals surface area contributed by atoms with Crippen molar-refractivity contribution in [3.8, 4) is 0 Å². The third-order valence-electron chi connectivity index (χ3n) is 5.89. The molecular weight excluding hydrogens is 376 g/mol. The molecule has 1 N–H and O–H groups in total. The molecule has 6 nitrogen and oxygen atoms in total. The number of likely N-dealkylation sites (tertiary alicyclic amines) is 1. The number of hydrogen-bond donors (Lipinski definition) is 1. The van der Waals surface area contributed by atoms with Gasteiger partial charge < -0.3 is 14.8 Å². The first-order valence-corrected chi connectivity index (χ1v) is 10.5. The Morgan fingerprint density at radius 1 is 1.20 bits per heavy atom. The Morgan fingerprint density at radius 3 is 2.77 bits per heavy atom. The molecule has 4 rings (SSSR count). The van der Waals surface area contributed by atoms with Gasteiger partial charge in [-0.15, -0.1) is 0 Å². The van der Waals surface area contributed by atoms with E-state index in [1.165, 1.54) is 5.56 Å². The van der Waals surface area contributed by atoms with E-state index in [2.05, 4.69) is 22.1 Å². The molecule has 0 saturated carbocycles. The minimum atomic E-state index is -0.158. The quantitative estimate of drug-likeness (QED) is 0.685. The Labute approximate surface area is 176 Å². The lowest BCUT2D eigenvalue weighted by atomic mass is 9.95. The molecule has 1 saturated heterocycles. The van der Waals surface area contributed by atoms with Crippen LogP contribution in [0.1, 0.15) is 29.8 Å². The maximum atomic E-state index is 13.1. The summed E-state index contributed by atoms with van der Waals surface area (Å²) in [6.07, 6.45) is 1.85. The number of piperidine rings is 1.